The predicted molar refractivity (Wildman–Crippen MR) is 295 cm³/mol. The van der Waals surface area contributed by atoms with Crippen LogP contribution in [-0.2, 0) is 43.2 Å². The quantitative estimate of drug-likeness (QED) is 0.0843. The van der Waals surface area contributed by atoms with Gasteiger partial charge in [-0.3, -0.25) is 28.3 Å². The van der Waals surface area contributed by atoms with Gasteiger partial charge < -0.3 is 33.5 Å². The molecule has 9 rings (SSSR count). The molecular formula is C56H65N7O12S2. The van der Waals surface area contributed by atoms with Crippen LogP contribution < -0.4 is 37.7 Å². The number of ketones is 1. The Hall–Kier alpha value is -7.20. The third-order valence-corrected chi connectivity index (χ3v) is 16.9. The fraction of sp³-hybridized carbons (Fsp3) is 0.429. The van der Waals surface area contributed by atoms with Gasteiger partial charge >= 0.3 is 11.4 Å². The summed E-state index contributed by atoms with van der Waals surface area (Å²) in [5, 5.41) is 0.652. The Morgan fingerprint density at radius 3 is 1.56 bits per heavy atom. The summed E-state index contributed by atoms with van der Waals surface area (Å²) in [4.78, 5) is 91.6. The number of hydrogen-bond acceptors (Lipinski definition) is 16. The van der Waals surface area contributed by atoms with Crippen LogP contribution in [0.15, 0.2) is 101 Å². The van der Waals surface area contributed by atoms with E-state index in [-0.39, 0.29) is 31.1 Å². The average molecular weight is 1090 g/mol. The third kappa shape index (κ3) is 10.8. The van der Waals surface area contributed by atoms with E-state index in [1.807, 2.05) is 62.4 Å². The van der Waals surface area contributed by atoms with Crippen LogP contribution in [0.4, 0.5) is 0 Å². The summed E-state index contributed by atoms with van der Waals surface area (Å²) in [6.07, 6.45) is 9.87. The van der Waals surface area contributed by atoms with Gasteiger partial charge in [0.25, 0.3) is 11.1 Å². The molecule has 1 amide bonds. The molecule has 0 unspecified atom stereocenters. The Kier molecular flexibility index (Phi) is 16.6. The highest BCUT2D eigenvalue weighted by Crippen LogP contribution is 2.40. The van der Waals surface area contributed by atoms with Crippen LogP contribution in [0, 0.1) is 13.8 Å². The second kappa shape index (κ2) is 22.8. The predicted octanol–water partition coefficient (Wildman–Crippen LogP) is 9.19. The van der Waals surface area contributed by atoms with Gasteiger partial charge in [0.05, 0.1) is 72.4 Å². The molecule has 1 saturated carbocycles. The van der Waals surface area contributed by atoms with Crippen LogP contribution in [0.5, 0.6) is 11.5 Å². The zero-order valence-corrected chi connectivity index (χ0v) is 46.8. The second-order valence-electron chi connectivity index (χ2n) is 20.3. The van der Waals surface area contributed by atoms with Gasteiger partial charge in [-0.2, -0.15) is 0 Å². The summed E-state index contributed by atoms with van der Waals surface area (Å²) in [5.74, 6) is 0.863. The van der Waals surface area contributed by atoms with Crippen molar-refractivity contribution < 1.29 is 37.4 Å². The van der Waals surface area contributed by atoms with Crippen LogP contribution >= 0.6 is 22.7 Å². The maximum Gasteiger partial charge on any atom is 0.333 e. The number of aromatic nitrogens is 6. The molecule has 2 aromatic carbocycles. The largest absolute Gasteiger partial charge is 0.496 e. The maximum atomic E-state index is 14.2. The molecule has 408 valence electrons. The number of benzene rings is 2. The van der Waals surface area contributed by atoms with E-state index >= 15 is 0 Å². The maximum absolute atomic E-state index is 14.2. The number of rotatable bonds is 18. The Bertz CT molecular complexity index is 3680. The molecule has 21 heteroatoms. The van der Waals surface area contributed by atoms with Gasteiger partial charge in [0.2, 0.25) is 17.7 Å². The third-order valence-electron chi connectivity index (χ3n) is 14.3. The zero-order valence-electron chi connectivity index (χ0n) is 45.2. The second-order valence-corrected chi connectivity index (χ2v) is 22.3. The first-order valence-electron chi connectivity index (χ1n) is 25.4. The standard InChI is InChI=1S/C29H34N4O6S.C27H31N3O6S/c1-17-22-25(34)33(29(2,3)27(30)35)28(36)32(26(22)40-23(17)24-31-14-15-38-24)16-21(39-18-10-6-5-7-11-18)19-12-8-9-13-20(19)37-4;1-15(2)36-20(18-10-8-9-11-19(18)34-7)14-29-25-21(16(3)22(37-25)23-28-12-13-35-23)24(32)30(26(29)33)27(5,6)17(4)31/h8-9,12-15,18,21H,5-7,10-11,16H2,1-4H3,(H2,30,35);8-13,15,20H,14H2,1-7H3/t21-;20-/m00/s1. The number of para-hydroxylation sites is 2. The number of nitrogens with two attached hydrogens (primary N) is 1. The number of oxazole rings is 2. The van der Waals surface area contributed by atoms with Gasteiger partial charge in [0.15, 0.2) is 5.78 Å². The molecule has 2 atom stereocenters. The molecule has 6 heterocycles. The number of aryl methyl sites for hydroxylation is 2. The van der Waals surface area contributed by atoms with Gasteiger partial charge in [-0.1, -0.05) is 55.7 Å². The number of carbonyl (C=O) groups excluding carboxylic acids is 2. The molecule has 1 aliphatic carbocycles. The van der Waals surface area contributed by atoms with E-state index < -0.39 is 51.7 Å². The van der Waals surface area contributed by atoms with Crippen molar-refractivity contribution in [2.45, 2.75) is 143 Å². The summed E-state index contributed by atoms with van der Waals surface area (Å²) in [6.45, 7) is 15.1. The molecular weight excluding hydrogens is 1030 g/mol. The van der Waals surface area contributed by atoms with E-state index in [4.69, 9.17) is 33.5 Å². The minimum absolute atomic E-state index is 0.0239. The molecule has 0 spiro atoms. The SMILES string of the molecule is COc1ccccc1[C@H](Cn1c(=O)n(C(C)(C)C(C)=O)c(=O)c2c(C)c(-c3ncco3)sc21)OC(C)C.COc1ccccc1[C@H](Cn1c(=O)n(C(C)(C)C(N)=O)c(=O)c2c(C)c(-c3ncco3)sc21)OC1CCCCC1. The first-order valence-corrected chi connectivity index (χ1v) is 27.0. The lowest BCUT2D eigenvalue weighted by molar-refractivity contribution is -0.125. The summed E-state index contributed by atoms with van der Waals surface area (Å²) < 4.78 is 40.3. The number of methoxy groups -OCH3 is 2. The highest BCUT2D eigenvalue weighted by Gasteiger charge is 2.37. The molecule has 0 bridgehead atoms. The van der Waals surface area contributed by atoms with Crippen LogP contribution in [0.1, 0.15) is 115 Å². The Balaban J connectivity index is 0.000000204. The molecule has 0 saturated heterocycles. The van der Waals surface area contributed by atoms with Crippen LogP contribution in [0.3, 0.4) is 0 Å². The lowest BCUT2D eigenvalue weighted by atomic mass is 9.97. The minimum atomic E-state index is -1.58. The van der Waals surface area contributed by atoms with E-state index in [2.05, 4.69) is 9.97 Å². The fourth-order valence-corrected chi connectivity index (χ4v) is 12.2. The van der Waals surface area contributed by atoms with Crippen molar-refractivity contribution in [2.24, 2.45) is 5.73 Å². The Morgan fingerprint density at radius 1 is 0.701 bits per heavy atom. The van der Waals surface area contributed by atoms with Crippen molar-refractivity contribution in [2.75, 3.05) is 14.2 Å². The van der Waals surface area contributed by atoms with Gasteiger partial charge in [-0.05, 0) is 98.4 Å². The van der Waals surface area contributed by atoms with Crippen molar-refractivity contribution in [3.63, 3.8) is 0 Å². The van der Waals surface area contributed by atoms with E-state index in [1.54, 1.807) is 41.9 Å². The Morgan fingerprint density at radius 2 is 1.14 bits per heavy atom. The lowest BCUT2D eigenvalue weighted by Crippen LogP contribution is -2.54. The molecule has 1 aliphatic rings. The van der Waals surface area contributed by atoms with E-state index in [9.17, 15) is 28.8 Å². The Labute approximate surface area is 451 Å². The zero-order chi connectivity index (χ0) is 55.7. The van der Waals surface area contributed by atoms with Gasteiger partial charge in [0.1, 0.15) is 57.0 Å². The van der Waals surface area contributed by atoms with E-state index in [0.717, 1.165) is 45.9 Å². The summed E-state index contributed by atoms with van der Waals surface area (Å²) in [6, 6.07) is 15.0. The molecule has 1 fully saturated rings. The van der Waals surface area contributed by atoms with Gasteiger partial charge in [0, 0.05) is 11.1 Å². The molecule has 19 nitrogen and oxygen atoms in total. The number of nitrogens with zero attached hydrogens (tertiary/aromatic N) is 6. The van der Waals surface area contributed by atoms with Crippen molar-refractivity contribution in [3.05, 3.63) is 137 Å². The van der Waals surface area contributed by atoms with Crippen LogP contribution in [0.25, 0.3) is 42.0 Å². The van der Waals surface area contributed by atoms with Crippen LogP contribution in [-0.4, -0.2) is 66.4 Å². The summed E-state index contributed by atoms with van der Waals surface area (Å²) in [5.41, 5.74) is 3.21. The first kappa shape index (κ1) is 56.0. The number of hydrogen-bond donors (Lipinski definition) is 1. The first-order chi connectivity index (χ1) is 36.6. The number of primary amides is 1. The normalized spacial score (nSPS) is 14.2. The lowest BCUT2D eigenvalue weighted by Gasteiger charge is -2.30. The number of fused-ring (bicyclic) bond motifs is 2. The number of thiophene rings is 2. The number of amides is 1. The topological polar surface area (TPSA) is 237 Å². The number of ether oxygens (including phenoxy) is 4. The summed E-state index contributed by atoms with van der Waals surface area (Å²) in [7, 11) is 3.18. The summed E-state index contributed by atoms with van der Waals surface area (Å²) >= 11 is 2.50. The van der Waals surface area contributed by atoms with Crippen LogP contribution in [0.2, 0.25) is 0 Å². The van der Waals surface area contributed by atoms with E-state index in [0.29, 0.717) is 64.6 Å². The van der Waals surface area contributed by atoms with Gasteiger partial charge in [-0.15, -0.1) is 22.7 Å². The number of Topliss-reactive ketones (excluding diaryl/α,β-unsaturated/α-hetero) is 1. The highest BCUT2D eigenvalue weighted by atomic mass is 32.1. The number of carbonyl (C=O) groups is 2. The monoisotopic (exact) mass is 1090 g/mol. The van der Waals surface area contributed by atoms with E-state index in [1.165, 1.54) is 83.9 Å². The smallest absolute Gasteiger partial charge is 0.333 e. The molecule has 6 aromatic heterocycles. The fourth-order valence-electron chi connectivity index (χ4n) is 9.74. The molecule has 0 aliphatic heterocycles. The van der Waals surface area contributed by atoms with Crippen molar-refractivity contribution in [1.82, 2.24) is 28.2 Å². The molecule has 77 heavy (non-hydrogen) atoms. The minimum Gasteiger partial charge on any atom is -0.496 e. The van der Waals surface area contributed by atoms with Crippen molar-refractivity contribution in [1.29, 1.82) is 0 Å². The van der Waals surface area contributed by atoms with Gasteiger partial charge in [-0.25, -0.2) is 28.7 Å². The molecule has 0 radical (unpaired) electrons. The molecule has 8 aromatic rings. The van der Waals surface area contributed by atoms with Crippen molar-refractivity contribution >= 4 is 54.8 Å². The molecule has 2 N–H and O–H groups in total. The average Bonchev–Trinajstić information content (AvgIpc) is 4.33. The highest BCUT2D eigenvalue weighted by molar-refractivity contribution is 7.22. The van der Waals surface area contributed by atoms with Crippen molar-refractivity contribution in [3.8, 4) is 33.0 Å².